The molecule has 1 N–H and O–H groups in total. The summed E-state index contributed by atoms with van der Waals surface area (Å²) in [6.45, 7) is 2.85. The van der Waals surface area contributed by atoms with Gasteiger partial charge in [0, 0.05) is 19.1 Å². The van der Waals surface area contributed by atoms with Gasteiger partial charge in [0.25, 0.3) is 5.92 Å². The number of halogens is 2. The number of alkyl halides is 2. The lowest BCUT2D eigenvalue weighted by Crippen LogP contribution is -2.47. The van der Waals surface area contributed by atoms with E-state index in [-0.39, 0.29) is 13.2 Å². The molecule has 0 radical (unpaired) electrons. The summed E-state index contributed by atoms with van der Waals surface area (Å²) in [6, 6.07) is 0. The largest absolute Gasteiger partial charge is 0.396 e. The molecule has 1 fully saturated rings. The second kappa shape index (κ2) is 4.33. The van der Waals surface area contributed by atoms with Crippen LogP contribution in [0.25, 0.3) is 0 Å². The van der Waals surface area contributed by atoms with Crippen molar-refractivity contribution in [1.29, 1.82) is 0 Å². The SMILES string of the molecule is C[C@@H]1CCN(CCCO)CC1(F)F. The predicted molar refractivity (Wildman–Crippen MR) is 46.9 cm³/mol. The first-order chi connectivity index (χ1) is 6.06. The van der Waals surface area contributed by atoms with Gasteiger partial charge in [-0.15, -0.1) is 0 Å². The predicted octanol–water partition coefficient (Wildman–Crippen LogP) is 1.35. The Hall–Kier alpha value is -0.220. The van der Waals surface area contributed by atoms with Crippen molar-refractivity contribution >= 4 is 0 Å². The number of likely N-dealkylation sites (tertiary alicyclic amines) is 1. The molecule has 0 bridgehead atoms. The molecule has 0 aromatic carbocycles. The van der Waals surface area contributed by atoms with Gasteiger partial charge in [-0.25, -0.2) is 8.78 Å². The van der Waals surface area contributed by atoms with Crippen LogP contribution < -0.4 is 0 Å². The Balaban J connectivity index is 2.37. The van der Waals surface area contributed by atoms with E-state index >= 15 is 0 Å². The van der Waals surface area contributed by atoms with Gasteiger partial charge in [0.15, 0.2) is 0 Å². The van der Waals surface area contributed by atoms with Crippen molar-refractivity contribution in [2.75, 3.05) is 26.2 Å². The van der Waals surface area contributed by atoms with Crippen LogP contribution in [0.2, 0.25) is 0 Å². The molecule has 2 nitrogen and oxygen atoms in total. The molecule has 0 aromatic rings. The zero-order chi connectivity index (χ0) is 9.90. The third kappa shape index (κ3) is 2.88. The number of nitrogens with zero attached hydrogens (tertiary/aromatic N) is 1. The molecule has 0 aliphatic carbocycles. The Morgan fingerprint density at radius 1 is 1.54 bits per heavy atom. The third-order valence-corrected chi connectivity index (χ3v) is 2.67. The molecule has 1 aliphatic heterocycles. The fourth-order valence-electron chi connectivity index (χ4n) is 1.61. The first-order valence-corrected chi connectivity index (χ1v) is 4.77. The lowest BCUT2D eigenvalue weighted by Gasteiger charge is -2.36. The van der Waals surface area contributed by atoms with Gasteiger partial charge in [0.1, 0.15) is 0 Å². The molecule has 1 atom stereocenters. The van der Waals surface area contributed by atoms with Crippen LogP contribution in [0.3, 0.4) is 0 Å². The summed E-state index contributed by atoms with van der Waals surface area (Å²) >= 11 is 0. The van der Waals surface area contributed by atoms with Crippen molar-refractivity contribution in [3.63, 3.8) is 0 Å². The first kappa shape index (κ1) is 10.9. The molecule has 0 spiro atoms. The minimum atomic E-state index is -2.55. The van der Waals surface area contributed by atoms with E-state index < -0.39 is 11.8 Å². The van der Waals surface area contributed by atoms with Crippen molar-refractivity contribution in [2.24, 2.45) is 5.92 Å². The van der Waals surface area contributed by atoms with Crippen LogP contribution in [-0.4, -0.2) is 42.2 Å². The molecular formula is C9H17F2NO. The van der Waals surface area contributed by atoms with E-state index in [0.29, 0.717) is 19.4 Å². The maximum absolute atomic E-state index is 13.2. The number of piperidine rings is 1. The van der Waals surface area contributed by atoms with E-state index in [1.165, 1.54) is 0 Å². The van der Waals surface area contributed by atoms with Crippen LogP contribution in [0.15, 0.2) is 0 Å². The summed E-state index contributed by atoms with van der Waals surface area (Å²) in [7, 11) is 0. The highest BCUT2D eigenvalue weighted by Crippen LogP contribution is 2.32. The van der Waals surface area contributed by atoms with E-state index in [0.717, 1.165) is 6.54 Å². The highest BCUT2D eigenvalue weighted by molar-refractivity contribution is 4.83. The minimum absolute atomic E-state index is 0.0810. The van der Waals surface area contributed by atoms with Gasteiger partial charge in [0.05, 0.1) is 6.54 Å². The first-order valence-electron chi connectivity index (χ1n) is 4.77. The van der Waals surface area contributed by atoms with Crippen molar-refractivity contribution in [2.45, 2.75) is 25.7 Å². The topological polar surface area (TPSA) is 23.5 Å². The van der Waals surface area contributed by atoms with Gasteiger partial charge in [-0.05, 0) is 19.4 Å². The van der Waals surface area contributed by atoms with Crippen molar-refractivity contribution in [1.82, 2.24) is 4.90 Å². The number of hydrogen-bond donors (Lipinski definition) is 1. The molecular weight excluding hydrogens is 176 g/mol. The molecule has 0 saturated carbocycles. The Labute approximate surface area is 77.5 Å². The summed E-state index contributed by atoms with van der Waals surface area (Å²) in [5.41, 5.74) is 0. The van der Waals surface area contributed by atoms with E-state index in [4.69, 9.17) is 5.11 Å². The quantitative estimate of drug-likeness (QED) is 0.731. The van der Waals surface area contributed by atoms with Crippen molar-refractivity contribution < 1.29 is 13.9 Å². The number of rotatable bonds is 3. The van der Waals surface area contributed by atoms with Gasteiger partial charge in [0.2, 0.25) is 0 Å². The maximum atomic E-state index is 13.2. The second-order valence-corrected chi connectivity index (χ2v) is 3.80. The Morgan fingerprint density at radius 2 is 2.23 bits per heavy atom. The average molecular weight is 193 g/mol. The van der Waals surface area contributed by atoms with E-state index in [1.807, 2.05) is 0 Å². The Bertz CT molecular complexity index is 162. The summed E-state index contributed by atoms with van der Waals surface area (Å²) in [5, 5.41) is 8.56. The Kier molecular flexibility index (Phi) is 3.62. The summed E-state index contributed by atoms with van der Waals surface area (Å²) in [4.78, 5) is 1.73. The highest BCUT2D eigenvalue weighted by Gasteiger charge is 2.41. The van der Waals surface area contributed by atoms with Gasteiger partial charge in [-0.3, -0.25) is 4.90 Å². The van der Waals surface area contributed by atoms with Gasteiger partial charge in [-0.1, -0.05) is 6.92 Å². The fourth-order valence-corrected chi connectivity index (χ4v) is 1.61. The molecule has 0 aromatic heterocycles. The second-order valence-electron chi connectivity index (χ2n) is 3.80. The zero-order valence-electron chi connectivity index (χ0n) is 7.97. The van der Waals surface area contributed by atoms with Crippen LogP contribution in [0.4, 0.5) is 8.78 Å². The maximum Gasteiger partial charge on any atom is 0.263 e. The van der Waals surface area contributed by atoms with Crippen LogP contribution in [0.5, 0.6) is 0 Å². The normalized spacial score (nSPS) is 29.1. The van der Waals surface area contributed by atoms with Crippen LogP contribution in [-0.2, 0) is 0 Å². The molecule has 13 heavy (non-hydrogen) atoms. The number of aliphatic hydroxyl groups excluding tert-OH is 1. The van der Waals surface area contributed by atoms with Gasteiger partial charge < -0.3 is 5.11 Å². The molecule has 0 unspecified atom stereocenters. The lowest BCUT2D eigenvalue weighted by atomic mass is 9.95. The molecule has 1 heterocycles. The number of aliphatic hydroxyl groups is 1. The van der Waals surface area contributed by atoms with Crippen molar-refractivity contribution in [3.8, 4) is 0 Å². The summed E-state index contributed by atoms with van der Waals surface area (Å²) in [5.74, 6) is -3.05. The molecule has 0 amide bonds. The van der Waals surface area contributed by atoms with Crippen LogP contribution in [0.1, 0.15) is 19.8 Å². The molecule has 1 aliphatic rings. The van der Waals surface area contributed by atoms with Crippen LogP contribution in [0, 0.1) is 5.92 Å². The van der Waals surface area contributed by atoms with Gasteiger partial charge >= 0.3 is 0 Å². The highest BCUT2D eigenvalue weighted by atomic mass is 19.3. The van der Waals surface area contributed by atoms with Crippen LogP contribution >= 0.6 is 0 Å². The standard InChI is InChI=1S/C9H17F2NO/c1-8-3-5-12(4-2-6-13)7-9(8,10)11/h8,13H,2-7H2,1H3/t8-/m1/s1. The summed E-state index contributed by atoms with van der Waals surface area (Å²) < 4.78 is 26.3. The van der Waals surface area contributed by atoms with E-state index in [1.54, 1.807) is 11.8 Å². The third-order valence-electron chi connectivity index (χ3n) is 2.67. The lowest BCUT2D eigenvalue weighted by molar-refractivity contribution is -0.105. The minimum Gasteiger partial charge on any atom is -0.396 e. The van der Waals surface area contributed by atoms with E-state index in [2.05, 4.69) is 0 Å². The fraction of sp³-hybridized carbons (Fsp3) is 1.00. The summed E-state index contributed by atoms with van der Waals surface area (Å²) in [6.07, 6.45) is 1.14. The average Bonchev–Trinajstić information content (AvgIpc) is 2.07. The molecule has 1 saturated heterocycles. The Morgan fingerprint density at radius 3 is 2.77 bits per heavy atom. The van der Waals surface area contributed by atoms with Gasteiger partial charge in [-0.2, -0.15) is 0 Å². The smallest absolute Gasteiger partial charge is 0.263 e. The number of hydrogen-bond acceptors (Lipinski definition) is 2. The monoisotopic (exact) mass is 193 g/mol. The molecule has 1 rings (SSSR count). The zero-order valence-corrected chi connectivity index (χ0v) is 7.97. The van der Waals surface area contributed by atoms with Crippen molar-refractivity contribution in [3.05, 3.63) is 0 Å². The molecule has 78 valence electrons. The molecule has 4 heteroatoms. The van der Waals surface area contributed by atoms with E-state index in [9.17, 15) is 8.78 Å².